The molecular weight excluding hydrogens is 366 g/mol. The summed E-state index contributed by atoms with van der Waals surface area (Å²) in [6.45, 7) is 4.99. The fourth-order valence-electron chi connectivity index (χ4n) is 3.06. The normalized spacial score (nSPS) is 18.6. The largest absolute Gasteiger partial charge is 0.469 e. The maximum Gasteiger partial charge on any atom is 0.311 e. The Bertz CT molecular complexity index is 621. The third-order valence-corrected chi connectivity index (χ3v) is 5.10. The maximum atomic E-state index is 12.0. The van der Waals surface area contributed by atoms with Gasteiger partial charge in [-0.2, -0.15) is 0 Å². The number of hydrogen-bond acceptors (Lipinski definition) is 6. The van der Waals surface area contributed by atoms with E-state index in [-0.39, 0.29) is 17.6 Å². The predicted molar refractivity (Wildman–Crippen MR) is 89.3 cm³/mol. The van der Waals surface area contributed by atoms with Gasteiger partial charge >= 0.3 is 11.7 Å². The van der Waals surface area contributed by atoms with Crippen molar-refractivity contribution in [3.8, 4) is 0 Å². The first-order valence-corrected chi connectivity index (χ1v) is 8.19. The maximum absolute atomic E-state index is 12.0. The molecule has 1 aliphatic rings. The number of nitro groups is 1. The molecule has 8 heteroatoms. The molecule has 2 rings (SSSR count). The van der Waals surface area contributed by atoms with Crippen LogP contribution in [0.15, 0.2) is 16.9 Å². The third kappa shape index (κ3) is 3.46. The van der Waals surface area contributed by atoms with E-state index in [0.29, 0.717) is 23.2 Å². The molecule has 0 bridgehead atoms. The summed E-state index contributed by atoms with van der Waals surface area (Å²) in [5.74, 6) is -0.198. The van der Waals surface area contributed by atoms with E-state index < -0.39 is 10.3 Å². The molecule has 1 aliphatic heterocycles. The van der Waals surface area contributed by atoms with Crippen LogP contribution in [0.3, 0.4) is 0 Å². The highest BCUT2D eigenvalue weighted by Gasteiger charge is 2.41. The van der Waals surface area contributed by atoms with Crippen LogP contribution in [0.1, 0.15) is 26.7 Å². The molecule has 0 amide bonds. The smallest absolute Gasteiger partial charge is 0.311 e. The van der Waals surface area contributed by atoms with E-state index in [4.69, 9.17) is 4.74 Å². The number of hydrogen-bond donors (Lipinski definition) is 0. The number of carbonyl (C=O) groups excluding carboxylic acids is 1. The van der Waals surface area contributed by atoms with Gasteiger partial charge in [-0.15, -0.1) is 0 Å². The fraction of sp³-hybridized carbons (Fsp3) is 0.600. The summed E-state index contributed by atoms with van der Waals surface area (Å²) in [5, 5.41) is 11.3. The van der Waals surface area contributed by atoms with E-state index in [9.17, 15) is 14.9 Å². The summed E-state index contributed by atoms with van der Waals surface area (Å²) in [4.78, 5) is 28.8. The number of rotatable bonds is 4. The Morgan fingerprint density at radius 2 is 2.22 bits per heavy atom. The molecule has 0 spiro atoms. The van der Waals surface area contributed by atoms with E-state index in [1.165, 1.54) is 13.3 Å². The van der Waals surface area contributed by atoms with Crippen molar-refractivity contribution < 1.29 is 14.5 Å². The minimum atomic E-state index is -0.637. The van der Waals surface area contributed by atoms with Crippen LogP contribution < -0.4 is 4.90 Å². The number of halogens is 1. The Labute approximate surface area is 143 Å². The van der Waals surface area contributed by atoms with Crippen LogP contribution in [0, 0.1) is 21.4 Å². The average molecular weight is 386 g/mol. The van der Waals surface area contributed by atoms with E-state index >= 15 is 0 Å². The minimum absolute atomic E-state index is 0.0316. The highest BCUT2D eigenvalue weighted by Crippen LogP contribution is 2.41. The molecule has 1 atom stereocenters. The number of methoxy groups -OCH3 is 1. The molecule has 1 saturated heterocycles. The number of esters is 1. The summed E-state index contributed by atoms with van der Waals surface area (Å²) in [7, 11) is 1.38. The number of carbonyl (C=O) groups is 1. The van der Waals surface area contributed by atoms with Gasteiger partial charge in [0.05, 0.1) is 21.9 Å². The molecule has 126 valence electrons. The van der Waals surface area contributed by atoms with Gasteiger partial charge in [0.25, 0.3) is 0 Å². The Morgan fingerprint density at radius 3 is 2.83 bits per heavy atom. The predicted octanol–water partition coefficient (Wildman–Crippen LogP) is 3.17. The zero-order valence-corrected chi connectivity index (χ0v) is 15.0. The second-order valence-electron chi connectivity index (χ2n) is 6.24. The second kappa shape index (κ2) is 6.82. The quantitative estimate of drug-likeness (QED) is 0.449. The van der Waals surface area contributed by atoms with E-state index in [1.54, 1.807) is 6.20 Å². The number of aromatic nitrogens is 1. The van der Waals surface area contributed by atoms with Crippen molar-refractivity contribution in [1.29, 1.82) is 0 Å². The number of pyridine rings is 1. The van der Waals surface area contributed by atoms with Crippen LogP contribution in [0.5, 0.6) is 0 Å². The molecule has 1 aromatic heterocycles. The molecule has 1 aromatic rings. The van der Waals surface area contributed by atoms with Crippen molar-refractivity contribution in [3.05, 3.63) is 27.0 Å². The van der Waals surface area contributed by atoms with Gasteiger partial charge in [0.15, 0.2) is 0 Å². The zero-order valence-electron chi connectivity index (χ0n) is 13.4. The molecule has 2 heterocycles. The summed E-state index contributed by atoms with van der Waals surface area (Å²) >= 11 is 3.36. The molecule has 0 radical (unpaired) electrons. The van der Waals surface area contributed by atoms with Crippen molar-refractivity contribution in [2.45, 2.75) is 26.7 Å². The van der Waals surface area contributed by atoms with Gasteiger partial charge < -0.3 is 9.64 Å². The lowest BCUT2D eigenvalue weighted by atomic mass is 9.74. The summed E-state index contributed by atoms with van der Waals surface area (Å²) in [5.41, 5.74) is -0.145. The number of nitrogens with zero attached hydrogens (tertiary/aromatic N) is 3. The molecule has 0 saturated carbocycles. The molecule has 0 N–H and O–H groups in total. The first-order valence-electron chi connectivity index (χ1n) is 7.40. The van der Waals surface area contributed by atoms with E-state index in [0.717, 1.165) is 12.8 Å². The number of anilines is 1. The van der Waals surface area contributed by atoms with E-state index in [2.05, 4.69) is 20.9 Å². The van der Waals surface area contributed by atoms with Crippen LogP contribution in [0.25, 0.3) is 0 Å². The lowest BCUT2D eigenvalue weighted by Crippen LogP contribution is -2.45. The third-order valence-electron chi connectivity index (χ3n) is 4.52. The van der Waals surface area contributed by atoms with Crippen LogP contribution in [-0.4, -0.2) is 36.1 Å². The van der Waals surface area contributed by atoms with Gasteiger partial charge in [-0.25, -0.2) is 0 Å². The van der Waals surface area contributed by atoms with Crippen molar-refractivity contribution in [1.82, 2.24) is 4.98 Å². The fourth-order valence-corrected chi connectivity index (χ4v) is 3.64. The Kier molecular flexibility index (Phi) is 5.23. The minimum Gasteiger partial charge on any atom is -0.469 e. The first-order chi connectivity index (χ1) is 10.8. The first kappa shape index (κ1) is 17.7. The summed E-state index contributed by atoms with van der Waals surface area (Å²) < 4.78 is 5.50. The monoisotopic (exact) mass is 385 g/mol. The number of ether oxygens (including phenoxy) is 1. The SMILES string of the molecule is COC(=O)C(C)(C)C1CCCN(c2c(Br)cncc2[N+](=O)[O-])C1. The van der Waals surface area contributed by atoms with Crippen LogP contribution in [-0.2, 0) is 9.53 Å². The topological polar surface area (TPSA) is 85.6 Å². The molecule has 23 heavy (non-hydrogen) atoms. The van der Waals surface area contributed by atoms with Crippen LogP contribution in [0.4, 0.5) is 11.4 Å². The highest BCUT2D eigenvalue weighted by atomic mass is 79.9. The Morgan fingerprint density at radius 1 is 1.52 bits per heavy atom. The van der Waals surface area contributed by atoms with Gasteiger partial charge in [0.2, 0.25) is 0 Å². The summed E-state index contributed by atoms with van der Waals surface area (Å²) in [6, 6.07) is 0. The van der Waals surface area contributed by atoms with Gasteiger partial charge in [-0.1, -0.05) is 0 Å². The highest BCUT2D eigenvalue weighted by molar-refractivity contribution is 9.10. The summed E-state index contributed by atoms with van der Waals surface area (Å²) in [6.07, 6.45) is 4.55. The van der Waals surface area contributed by atoms with Crippen LogP contribution >= 0.6 is 15.9 Å². The average Bonchev–Trinajstić information content (AvgIpc) is 2.53. The second-order valence-corrected chi connectivity index (χ2v) is 7.10. The Balaban J connectivity index is 2.33. The molecular formula is C15H20BrN3O4. The zero-order chi connectivity index (χ0) is 17.2. The van der Waals surface area contributed by atoms with Crippen molar-refractivity contribution >= 4 is 33.3 Å². The standard InChI is InChI=1S/C15H20BrN3O4/c1-15(2,14(20)23-3)10-5-4-6-18(9-10)13-11(16)7-17-8-12(13)19(21)22/h7-8,10H,4-6,9H2,1-3H3. The van der Waals surface area contributed by atoms with Crippen LogP contribution in [0.2, 0.25) is 0 Å². The van der Waals surface area contributed by atoms with Gasteiger partial charge in [-0.3, -0.25) is 19.9 Å². The molecule has 7 nitrogen and oxygen atoms in total. The van der Waals surface area contributed by atoms with Gasteiger partial charge in [0, 0.05) is 19.3 Å². The van der Waals surface area contributed by atoms with Gasteiger partial charge in [0.1, 0.15) is 11.9 Å². The molecule has 1 unspecified atom stereocenters. The lowest BCUT2D eigenvalue weighted by molar-refractivity contribution is -0.384. The van der Waals surface area contributed by atoms with Crippen molar-refractivity contribution in [3.63, 3.8) is 0 Å². The lowest BCUT2D eigenvalue weighted by Gasteiger charge is -2.40. The van der Waals surface area contributed by atoms with Crippen molar-refractivity contribution in [2.24, 2.45) is 11.3 Å². The number of piperidine rings is 1. The van der Waals surface area contributed by atoms with Gasteiger partial charge in [-0.05, 0) is 48.5 Å². The van der Waals surface area contributed by atoms with E-state index in [1.807, 2.05) is 18.7 Å². The van der Waals surface area contributed by atoms with Crippen molar-refractivity contribution in [2.75, 3.05) is 25.1 Å². The molecule has 0 aliphatic carbocycles. The Hall–Kier alpha value is -1.70. The molecule has 1 fully saturated rings. The molecule has 0 aromatic carbocycles.